The summed E-state index contributed by atoms with van der Waals surface area (Å²) in [6, 6.07) is 7.22. The summed E-state index contributed by atoms with van der Waals surface area (Å²) in [4.78, 5) is 15.5. The first-order valence-corrected chi connectivity index (χ1v) is 9.18. The van der Waals surface area contributed by atoms with E-state index in [1.165, 1.54) is 10.4 Å². The highest BCUT2D eigenvalue weighted by atomic mass is 35.5. The second-order valence-electron chi connectivity index (χ2n) is 5.82. The average molecular weight is 375 g/mol. The summed E-state index contributed by atoms with van der Waals surface area (Å²) in [7, 11) is 0. The molecular weight excluding hydrogens is 364 g/mol. The number of nitrogens with zero attached hydrogens (tertiary/aromatic N) is 3. The molecule has 120 valence electrons. The van der Waals surface area contributed by atoms with Crippen LogP contribution in [0.2, 0.25) is 5.02 Å². The van der Waals surface area contributed by atoms with Crippen molar-refractivity contribution in [2.45, 2.75) is 19.3 Å². The van der Waals surface area contributed by atoms with E-state index in [1.807, 2.05) is 16.5 Å². The SMILES string of the molecule is O=c1c2c3c(sc2n2c(=S)[nH]nc2n1-c1cccc(Cl)c1)CCC3. The van der Waals surface area contributed by atoms with E-state index in [0.29, 0.717) is 21.3 Å². The summed E-state index contributed by atoms with van der Waals surface area (Å²) in [6.45, 7) is 0. The minimum atomic E-state index is -0.0619. The van der Waals surface area contributed by atoms with E-state index in [-0.39, 0.29) is 5.56 Å². The molecule has 0 amide bonds. The molecule has 8 heteroatoms. The number of thiophene rings is 1. The molecule has 1 aromatic carbocycles. The Hall–Kier alpha value is -1.96. The van der Waals surface area contributed by atoms with Gasteiger partial charge in [-0.3, -0.25) is 4.79 Å². The van der Waals surface area contributed by atoms with Crippen molar-refractivity contribution in [2.75, 3.05) is 0 Å². The standard InChI is InChI=1S/C16H11ClN4OS2/c17-8-3-1-4-9(7-8)20-13(22)12-10-5-2-6-11(10)24-14(12)21-15(20)18-19-16(21)23/h1,3-4,7H,2,5-6H2,(H,19,23). The molecule has 0 radical (unpaired) electrons. The van der Waals surface area contributed by atoms with E-state index >= 15 is 0 Å². The number of aryl methyl sites for hydroxylation is 2. The highest BCUT2D eigenvalue weighted by Gasteiger charge is 2.24. The molecular formula is C16H11ClN4OS2. The molecule has 1 aliphatic rings. The smallest absolute Gasteiger partial charge is 0.268 e. The van der Waals surface area contributed by atoms with Gasteiger partial charge in [-0.05, 0) is 55.2 Å². The average Bonchev–Trinajstić information content (AvgIpc) is 3.21. The normalized spacial score (nSPS) is 13.9. The van der Waals surface area contributed by atoms with Crippen molar-refractivity contribution in [1.82, 2.24) is 19.2 Å². The molecule has 5 rings (SSSR count). The molecule has 5 nitrogen and oxygen atoms in total. The first-order valence-electron chi connectivity index (χ1n) is 7.57. The number of fused-ring (bicyclic) bond motifs is 5. The summed E-state index contributed by atoms with van der Waals surface area (Å²) < 4.78 is 3.94. The predicted molar refractivity (Wildman–Crippen MR) is 98.4 cm³/mol. The zero-order valence-corrected chi connectivity index (χ0v) is 14.8. The van der Waals surface area contributed by atoms with Crippen LogP contribution in [-0.2, 0) is 12.8 Å². The maximum absolute atomic E-state index is 13.3. The zero-order valence-electron chi connectivity index (χ0n) is 12.4. The highest BCUT2D eigenvalue weighted by Crippen LogP contribution is 2.36. The van der Waals surface area contributed by atoms with Gasteiger partial charge >= 0.3 is 0 Å². The van der Waals surface area contributed by atoms with Crippen LogP contribution in [0.1, 0.15) is 16.9 Å². The fraction of sp³-hybridized carbons (Fsp3) is 0.188. The largest absolute Gasteiger partial charge is 0.268 e. The Balaban J connectivity index is 2.05. The van der Waals surface area contributed by atoms with Crippen molar-refractivity contribution < 1.29 is 0 Å². The van der Waals surface area contributed by atoms with Gasteiger partial charge < -0.3 is 0 Å². The van der Waals surface area contributed by atoms with Crippen molar-refractivity contribution in [1.29, 1.82) is 0 Å². The molecule has 0 unspecified atom stereocenters. The minimum absolute atomic E-state index is 0.0619. The van der Waals surface area contributed by atoms with Crippen LogP contribution in [0, 0.1) is 4.77 Å². The van der Waals surface area contributed by atoms with Gasteiger partial charge in [-0.1, -0.05) is 17.7 Å². The van der Waals surface area contributed by atoms with Crippen LogP contribution in [0.15, 0.2) is 29.1 Å². The lowest BCUT2D eigenvalue weighted by Crippen LogP contribution is -2.21. The Bertz CT molecular complexity index is 1250. The first-order chi connectivity index (χ1) is 11.6. The predicted octanol–water partition coefficient (Wildman–Crippen LogP) is 3.90. The Morgan fingerprint density at radius 2 is 2.21 bits per heavy atom. The van der Waals surface area contributed by atoms with Gasteiger partial charge in [-0.25, -0.2) is 14.1 Å². The fourth-order valence-corrected chi connectivity index (χ4v) is 5.28. The van der Waals surface area contributed by atoms with Crippen molar-refractivity contribution in [3.05, 3.63) is 54.9 Å². The molecule has 1 N–H and O–H groups in total. The number of aromatic amines is 1. The van der Waals surface area contributed by atoms with E-state index in [2.05, 4.69) is 10.2 Å². The minimum Gasteiger partial charge on any atom is -0.268 e. The quantitative estimate of drug-likeness (QED) is 0.514. The second-order valence-corrected chi connectivity index (χ2v) is 7.73. The van der Waals surface area contributed by atoms with Crippen LogP contribution in [-0.4, -0.2) is 19.2 Å². The molecule has 0 saturated carbocycles. The van der Waals surface area contributed by atoms with Gasteiger partial charge in [-0.15, -0.1) is 16.4 Å². The maximum Gasteiger partial charge on any atom is 0.268 e. The monoisotopic (exact) mass is 374 g/mol. The Kier molecular flexibility index (Phi) is 3.01. The van der Waals surface area contributed by atoms with Gasteiger partial charge in [0.25, 0.3) is 5.56 Å². The Morgan fingerprint density at radius 1 is 1.33 bits per heavy atom. The van der Waals surface area contributed by atoms with E-state index < -0.39 is 0 Å². The summed E-state index contributed by atoms with van der Waals surface area (Å²) in [5.74, 6) is 0.486. The van der Waals surface area contributed by atoms with Crippen LogP contribution in [0.25, 0.3) is 21.7 Å². The lowest BCUT2D eigenvalue weighted by atomic mass is 10.2. The molecule has 0 fully saturated rings. The molecule has 1 aliphatic carbocycles. The molecule has 0 spiro atoms. The van der Waals surface area contributed by atoms with Crippen LogP contribution in [0.4, 0.5) is 0 Å². The zero-order chi connectivity index (χ0) is 16.4. The van der Waals surface area contributed by atoms with Crippen molar-refractivity contribution >= 4 is 51.1 Å². The van der Waals surface area contributed by atoms with Crippen molar-refractivity contribution in [3.63, 3.8) is 0 Å². The van der Waals surface area contributed by atoms with Gasteiger partial charge in [0.2, 0.25) is 10.5 Å². The molecule has 0 atom stereocenters. The van der Waals surface area contributed by atoms with Crippen molar-refractivity contribution in [2.24, 2.45) is 0 Å². The summed E-state index contributed by atoms with van der Waals surface area (Å²) in [5, 5.41) is 8.44. The molecule has 0 saturated heterocycles. The molecule has 0 bridgehead atoms. The third-order valence-electron chi connectivity index (χ3n) is 4.44. The third-order valence-corrected chi connectivity index (χ3v) is 6.23. The van der Waals surface area contributed by atoms with E-state index in [9.17, 15) is 4.79 Å². The van der Waals surface area contributed by atoms with Crippen LogP contribution in [0.3, 0.4) is 0 Å². The number of nitrogens with one attached hydrogen (secondary N) is 1. The maximum atomic E-state index is 13.3. The molecule has 4 aromatic rings. The number of H-pyrrole nitrogens is 1. The lowest BCUT2D eigenvalue weighted by molar-refractivity contribution is 0.913. The van der Waals surface area contributed by atoms with Gasteiger partial charge in [-0.2, -0.15) is 0 Å². The van der Waals surface area contributed by atoms with Crippen LogP contribution in [0.5, 0.6) is 0 Å². The van der Waals surface area contributed by atoms with Gasteiger partial charge in [0.15, 0.2) is 0 Å². The molecule has 3 aromatic heterocycles. The van der Waals surface area contributed by atoms with Gasteiger partial charge in [0, 0.05) is 9.90 Å². The number of halogens is 1. The number of aromatic nitrogens is 4. The molecule has 24 heavy (non-hydrogen) atoms. The number of hydrogen-bond acceptors (Lipinski definition) is 4. The van der Waals surface area contributed by atoms with E-state index in [1.54, 1.807) is 28.0 Å². The number of benzene rings is 1. The molecule has 0 aliphatic heterocycles. The van der Waals surface area contributed by atoms with E-state index in [0.717, 1.165) is 29.5 Å². The highest BCUT2D eigenvalue weighted by molar-refractivity contribution is 7.71. The number of hydrogen-bond donors (Lipinski definition) is 1. The fourth-order valence-electron chi connectivity index (χ4n) is 3.44. The second kappa shape index (κ2) is 5.02. The van der Waals surface area contributed by atoms with Crippen LogP contribution >= 0.6 is 35.2 Å². The number of rotatable bonds is 1. The van der Waals surface area contributed by atoms with Crippen molar-refractivity contribution in [3.8, 4) is 5.69 Å². The first kappa shape index (κ1) is 14.4. The van der Waals surface area contributed by atoms with Gasteiger partial charge in [0.1, 0.15) is 4.83 Å². The van der Waals surface area contributed by atoms with E-state index in [4.69, 9.17) is 23.8 Å². The topological polar surface area (TPSA) is 55.1 Å². The van der Waals surface area contributed by atoms with Crippen LogP contribution < -0.4 is 5.56 Å². The lowest BCUT2D eigenvalue weighted by Gasteiger charge is -2.09. The van der Waals surface area contributed by atoms with Gasteiger partial charge in [0.05, 0.1) is 11.1 Å². The Morgan fingerprint density at radius 3 is 3.04 bits per heavy atom. The summed E-state index contributed by atoms with van der Waals surface area (Å²) in [6.07, 6.45) is 3.07. The third kappa shape index (κ3) is 1.83. The summed E-state index contributed by atoms with van der Waals surface area (Å²) >= 11 is 13.2. The molecule has 3 heterocycles. The Labute approximate surface area is 150 Å². The summed E-state index contributed by atoms with van der Waals surface area (Å²) in [5.41, 5.74) is 1.79.